The Hall–Kier alpha value is -3.08. The summed E-state index contributed by atoms with van der Waals surface area (Å²) in [5, 5.41) is 1.13. The van der Waals surface area contributed by atoms with Gasteiger partial charge in [0.2, 0.25) is 5.91 Å². The molecular weight excluding hydrogens is 338 g/mol. The van der Waals surface area contributed by atoms with Gasteiger partial charge in [-0.25, -0.2) is 0 Å². The Bertz CT molecular complexity index is 1100. The number of rotatable bonds is 1. The Morgan fingerprint density at radius 2 is 1.89 bits per heavy atom. The number of hydrogen-bond donors (Lipinski definition) is 1. The summed E-state index contributed by atoms with van der Waals surface area (Å²) < 4.78 is 0. The quantitative estimate of drug-likeness (QED) is 0.725. The van der Waals surface area contributed by atoms with Crippen LogP contribution in [0.25, 0.3) is 10.9 Å². The molecule has 1 spiro atoms. The van der Waals surface area contributed by atoms with Crippen molar-refractivity contribution in [2.75, 3.05) is 18.5 Å². The lowest BCUT2D eigenvalue weighted by Crippen LogP contribution is -2.58. The van der Waals surface area contributed by atoms with E-state index in [0.717, 1.165) is 39.8 Å². The first-order valence-corrected chi connectivity index (χ1v) is 9.39. The first kappa shape index (κ1) is 16.1. The van der Waals surface area contributed by atoms with Gasteiger partial charge < -0.3 is 14.8 Å². The van der Waals surface area contributed by atoms with Crippen LogP contribution in [0.15, 0.2) is 48.5 Å². The summed E-state index contributed by atoms with van der Waals surface area (Å²) in [6, 6.07) is 15.9. The predicted octanol–water partition coefficient (Wildman–Crippen LogP) is 3.18. The minimum absolute atomic E-state index is 0.00207. The van der Waals surface area contributed by atoms with Crippen LogP contribution in [0, 0.1) is 0 Å². The number of para-hydroxylation sites is 2. The first-order chi connectivity index (χ1) is 13.1. The van der Waals surface area contributed by atoms with E-state index in [0.29, 0.717) is 13.0 Å². The molecule has 0 saturated carbocycles. The number of hydrogen-bond acceptors (Lipinski definition) is 2. The zero-order valence-electron chi connectivity index (χ0n) is 15.5. The smallest absolute Gasteiger partial charge is 0.263 e. The van der Waals surface area contributed by atoms with E-state index in [1.54, 1.807) is 16.8 Å². The standard InChI is InChI=1S/C22H21N3O2/c1-3-19(26)25-13-12-15-14-8-4-6-10-17(14)23-20(15)22(25)16-9-5-7-11-18(16)24(2)21(22)27/h4-11,23H,3,12-13H2,1-2H3/t22-/m0/s1. The van der Waals surface area contributed by atoms with Gasteiger partial charge in [-0.3, -0.25) is 9.59 Å². The van der Waals surface area contributed by atoms with Crippen LogP contribution < -0.4 is 4.90 Å². The van der Waals surface area contributed by atoms with Gasteiger partial charge in [-0.15, -0.1) is 0 Å². The molecule has 0 saturated heterocycles. The molecule has 136 valence electrons. The van der Waals surface area contributed by atoms with E-state index in [1.807, 2.05) is 49.4 Å². The molecule has 1 atom stereocenters. The summed E-state index contributed by atoms with van der Waals surface area (Å²) in [4.78, 5) is 33.7. The van der Waals surface area contributed by atoms with Gasteiger partial charge in [-0.1, -0.05) is 43.3 Å². The molecule has 2 aromatic carbocycles. The highest BCUT2D eigenvalue weighted by atomic mass is 16.2. The molecule has 1 aromatic heterocycles. The van der Waals surface area contributed by atoms with Crippen molar-refractivity contribution in [2.45, 2.75) is 25.3 Å². The maximum absolute atomic E-state index is 13.7. The monoisotopic (exact) mass is 359 g/mol. The van der Waals surface area contributed by atoms with E-state index in [4.69, 9.17) is 0 Å². The van der Waals surface area contributed by atoms with Gasteiger partial charge in [0.15, 0.2) is 5.54 Å². The van der Waals surface area contributed by atoms with Gasteiger partial charge in [-0.2, -0.15) is 0 Å². The van der Waals surface area contributed by atoms with Gasteiger partial charge in [0.25, 0.3) is 5.91 Å². The number of aromatic amines is 1. The Morgan fingerprint density at radius 3 is 2.70 bits per heavy atom. The number of carbonyl (C=O) groups excluding carboxylic acids is 2. The van der Waals surface area contributed by atoms with Gasteiger partial charge >= 0.3 is 0 Å². The fourth-order valence-electron chi connectivity index (χ4n) is 4.84. The van der Waals surface area contributed by atoms with Crippen LogP contribution in [0.2, 0.25) is 0 Å². The van der Waals surface area contributed by atoms with Crippen LogP contribution >= 0.6 is 0 Å². The Balaban J connectivity index is 1.90. The highest BCUT2D eigenvalue weighted by molar-refractivity contribution is 6.12. The van der Waals surface area contributed by atoms with Crippen LogP contribution in [0.5, 0.6) is 0 Å². The summed E-state index contributed by atoms with van der Waals surface area (Å²) >= 11 is 0. The lowest BCUT2D eigenvalue weighted by Gasteiger charge is -2.43. The zero-order chi connectivity index (χ0) is 18.8. The molecule has 2 amide bonds. The zero-order valence-corrected chi connectivity index (χ0v) is 15.5. The molecule has 3 aromatic rings. The second kappa shape index (κ2) is 5.46. The molecule has 27 heavy (non-hydrogen) atoms. The molecular formula is C22H21N3O2. The van der Waals surface area contributed by atoms with Crippen LogP contribution in [-0.2, 0) is 21.5 Å². The van der Waals surface area contributed by atoms with Crippen molar-refractivity contribution in [2.24, 2.45) is 0 Å². The number of fused-ring (bicyclic) bond motifs is 6. The van der Waals surface area contributed by atoms with E-state index < -0.39 is 5.54 Å². The van der Waals surface area contributed by atoms with Crippen LogP contribution in [0.1, 0.15) is 30.2 Å². The largest absolute Gasteiger partial charge is 0.355 e. The van der Waals surface area contributed by atoms with E-state index in [2.05, 4.69) is 11.1 Å². The minimum atomic E-state index is -1.11. The highest BCUT2D eigenvalue weighted by Crippen LogP contribution is 2.51. The van der Waals surface area contributed by atoms with E-state index in [9.17, 15) is 9.59 Å². The third-order valence-corrected chi connectivity index (χ3v) is 6.04. The number of H-pyrrole nitrogens is 1. The highest BCUT2D eigenvalue weighted by Gasteiger charge is 2.59. The van der Waals surface area contributed by atoms with Crippen LogP contribution in [-0.4, -0.2) is 35.3 Å². The van der Waals surface area contributed by atoms with Crippen molar-refractivity contribution in [1.29, 1.82) is 0 Å². The molecule has 0 fully saturated rings. The number of benzene rings is 2. The van der Waals surface area contributed by atoms with Crippen LogP contribution in [0.4, 0.5) is 5.69 Å². The van der Waals surface area contributed by atoms with Crippen molar-refractivity contribution in [3.8, 4) is 0 Å². The number of nitrogens with one attached hydrogen (secondary N) is 1. The predicted molar refractivity (Wildman–Crippen MR) is 105 cm³/mol. The van der Waals surface area contributed by atoms with Crippen molar-refractivity contribution >= 4 is 28.4 Å². The lowest BCUT2D eigenvalue weighted by molar-refractivity contribution is -0.144. The minimum Gasteiger partial charge on any atom is -0.355 e. The maximum atomic E-state index is 13.7. The Morgan fingerprint density at radius 1 is 1.15 bits per heavy atom. The maximum Gasteiger partial charge on any atom is 0.263 e. The third-order valence-electron chi connectivity index (χ3n) is 6.04. The van der Waals surface area contributed by atoms with Crippen molar-refractivity contribution in [3.05, 3.63) is 65.4 Å². The van der Waals surface area contributed by atoms with Gasteiger partial charge in [-0.05, 0) is 24.1 Å². The fourth-order valence-corrected chi connectivity index (χ4v) is 4.84. The molecule has 0 radical (unpaired) electrons. The number of amides is 2. The molecule has 1 N–H and O–H groups in total. The van der Waals surface area contributed by atoms with Crippen molar-refractivity contribution in [1.82, 2.24) is 9.88 Å². The van der Waals surface area contributed by atoms with Crippen molar-refractivity contribution in [3.63, 3.8) is 0 Å². The van der Waals surface area contributed by atoms with Gasteiger partial charge in [0, 0.05) is 42.2 Å². The topological polar surface area (TPSA) is 56.4 Å². The average Bonchev–Trinajstić information content (AvgIpc) is 3.19. The summed E-state index contributed by atoms with van der Waals surface area (Å²) in [5.41, 5.74) is 3.63. The molecule has 3 heterocycles. The number of aromatic nitrogens is 1. The van der Waals surface area contributed by atoms with Gasteiger partial charge in [0.05, 0.1) is 5.69 Å². The first-order valence-electron chi connectivity index (χ1n) is 9.39. The SMILES string of the molecule is CCC(=O)N1CCc2c([nH]c3ccccc23)[C@@]12C(=O)N(C)c1ccccc12. The summed E-state index contributed by atoms with van der Waals surface area (Å²) in [7, 11) is 1.79. The summed E-state index contributed by atoms with van der Waals surface area (Å²) in [5.74, 6) is -0.0734. The Labute approximate surface area is 157 Å². The van der Waals surface area contributed by atoms with Crippen molar-refractivity contribution < 1.29 is 9.59 Å². The summed E-state index contributed by atoms with van der Waals surface area (Å²) in [6.45, 7) is 2.39. The molecule has 2 aliphatic heterocycles. The number of likely N-dealkylation sites (N-methyl/N-ethyl adjacent to an activating group) is 1. The summed E-state index contributed by atoms with van der Waals surface area (Å²) in [6.07, 6.45) is 1.11. The number of nitrogens with zero attached hydrogens (tertiary/aromatic N) is 2. The lowest BCUT2D eigenvalue weighted by atomic mass is 9.79. The van der Waals surface area contributed by atoms with E-state index >= 15 is 0 Å². The van der Waals surface area contributed by atoms with E-state index in [-0.39, 0.29) is 11.8 Å². The molecule has 5 nitrogen and oxygen atoms in total. The van der Waals surface area contributed by atoms with E-state index in [1.165, 1.54) is 0 Å². The average molecular weight is 359 g/mol. The second-order valence-electron chi connectivity index (χ2n) is 7.26. The van der Waals surface area contributed by atoms with Gasteiger partial charge in [0.1, 0.15) is 0 Å². The molecule has 0 unspecified atom stereocenters. The molecule has 0 aliphatic carbocycles. The number of carbonyl (C=O) groups is 2. The second-order valence-corrected chi connectivity index (χ2v) is 7.26. The molecule has 5 rings (SSSR count). The Kier molecular flexibility index (Phi) is 3.26. The molecule has 0 bridgehead atoms. The molecule has 2 aliphatic rings. The number of anilines is 1. The normalized spacial score (nSPS) is 21.0. The third kappa shape index (κ3) is 1.84. The van der Waals surface area contributed by atoms with Crippen LogP contribution in [0.3, 0.4) is 0 Å². The fraction of sp³-hybridized carbons (Fsp3) is 0.273. The molecule has 5 heteroatoms.